The van der Waals surface area contributed by atoms with E-state index >= 15 is 0 Å². The number of pyridine rings is 1. The van der Waals surface area contributed by atoms with Crippen LogP contribution in [0.15, 0.2) is 27.5 Å². The van der Waals surface area contributed by atoms with Crippen LogP contribution in [-0.2, 0) is 0 Å². The molecule has 1 aromatic carbocycles. The summed E-state index contributed by atoms with van der Waals surface area (Å²) in [5.41, 5.74) is 6.86. The SMILES string of the molecule is C[C@H](N)c1cc2cc(Cl)c(Br)cc2[nH]c1=O. The van der Waals surface area contributed by atoms with Gasteiger partial charge in [0.2, 0.25) is 0 Å². The zero-order chi connectivity index (χ0) is 11.9. The fourth-order valence-electron chi connectivity index (χ4n) is 1.56. The molecule has 0 aliphatic heterocycles. The topological polar surface area (TPSA) is 58.9 Å². The predicted molar refractivity (Wildman–Crippen MR) is 69.9 cm³/mol. The van der Waals surface area contributed by atoms with Gasteiger partial charge < -0.3 is 10.7 Å². The van der Waals surface area contributed by atoms with E-state index in [1.807, 2.05) is 0 Å². The fraction of sp³-hybridized carbons (Fsp3) is 0.182. The number of aromatic amines is 1. The van der Waals surface area contributed by atoms with Crippen molar-refractivity contribution < 1.29 is 0 Å². The molecule has 1 aromatic heterocycles. The molecule has 84 valence electrons. The highest BCUT2D eigenvalue weighted by atomic mass is 79.9. The molecule has 5 heteroatoms. The lowest BCUT2D eigenvalue weighted by molar-refractivity contribution is 0.804. The molecule has 0 bridgehead atoms. The van der Waals surface area contributed by atoms with E-state index < -0.39 is 0 Å². The highest BCUT2D eigenvalue weighted by Gasteiger charge is 2.08. The quantitative estimate of drug-likeness (QED) is 0.851. The number of halogens is 2. The van der Waals surface area contributed by atoms with E-state index in [2.05, 4.69) is 20.9 Å². The van der Waals surface area contributed by atoms with Gasteiger partial charge in [-0.25, -0.2) is 0 Å². The van der Waals surface area contributed by atoms with Crippen molar-refractivity contribution in [1.82, 2.24) is 4.98 Å². The van der Waals surface area contributed by atoms with Crippen molar-refractivity contribution in [3.63, 3.8) is 0 Å². The highest BCUT2D eigenvalue weighted by Crippen LogP contribution is 2.27. The fourth-order valence-corrected chi connectivity index (χ4v) is 2.07. The summed E-state index contributed by atoms with van der Waals surface area (Å²) in [5.74, 6) is 0. The number of aromatic nitrogens is 1. The number of hydrogen-bond donors (Lipinski definition) is 2. The van der Waals surface area contributed by atoms with E-state index in [1.165, 1.54) is 0 Å². The monoisotopic (exact) mass is 300 g/mol. The van der Waals surface area contributed by atoms with Gasteiger partial charge in [0.05, 0.1) is 5.02 Å². The first-order valence-electron chi connectivity index (χ1n) is 4.76. The number of benzene rings is 1. The average molecular weight is 302 g/mol. The molecule has 2 rings (SSSR count). The second-order valence-electron chi connectivity index (χ2n) is 3.70. The molecule has 2 aromatic rings. The lowest BCUT2D eigenvalue weighted by Crippen LogP contribution is -2.19. The van der Waals surface area contributed by atoms with Crippen molar-refractivity contribution in [3.05, 3.63) is 43.6 Å². The Labute approximate surface area is 106 Å². The molecule has 0 radical (unpaired) electrons. The van der Waals surface area contributed by atoms with Crippen molar-refractivity contribution in [1.29, 1.82) is 0 Å². The van der Waals surface area contributed by atoms with E-state index in [1.54, 1.807) is 25.1 Å². The Bertz CT molecular complexity index is 607. The minimum absolute atomic E-state index is 0.156. The van der Waals surface area contributed by atoms with Crippen LogP contribution in [0.3, 0.4) is 0 Å². The van der Waals surface area contributed by atoms with Crippen molar-refractivity contribution in [2.24, 2.45) is 5.73 Å². The van der Waals surface area contributed by atoms with Gasteiger partial charge in [-0.1, -0.05) is 11.6 Å². The summed E-state index contributed by atoms with van der Waals surface area (Å²) in [6, 6.07) is 5.06. The van der Waals surface area contributed by atoms with Crippen LogP contribution in [0.25, 0.3) is 10.9 Å². The second-order valence-corrected chi connectivity index (χ2v) is 4.96. The molecule has 1 heterocycles. The smallest absolute Gasteiger partial charge is 0.253 e. The van der Waals surface area contributed by atoms with Crippen LogP contribution in [0.1, 0.15) is 18.5 Å². The molecule has 0 unspecified atom stereocenters. The van der Waals surface area contributed by atoms with E-state index in [4.69, 9.17) is 17.3 Å². The van der Waals surface area contributed by atoms with Gasteiger partial charge in [-0.05, 0) is 41.1 Å². The first-order valence-corrected chi connectivity index (χ1v) is 5.93. The van der Waals surface area contributed by atoms with Crippen molar-refractivity contribution in [2.75, 3.05) is 0 Å². The molecular weight excluding hydrogens is 291 g/mol. The Kier molecular flexibility index (Phi) is 3.06. The number of fused-ring (bicyclic) bond motifs is 1. The van der Waals surface area contributed by atoms with E-state index in [0.717, 1.165) is 15.4 Å². The Hall–Kier alpha value is -0.840. The average Bonchev–Trinajstić information content (AvgIpc) is 2.19. The number of hydrogen-bond acceptors (Lipinski definition) is 2. The second kappa shape index (κ2) is 4.20. The summed E-state index contributed by atoms with van der Waals surface area (Å²) < 4.78 is 0.755. The van der Waals surface area contributed by atoms with Crippen LogP contribution in [0, 0.1) is 0 Å². The molecule has 0 spiro atoms. The summed E-state index contributed by atoms with van der Waals surface area (Å²) in [6.07, 6.45) is 0. The van der Waals surface area contributed by atoms with E-state index in [9.17, 15) is 4.79 Å². The molecule has 3 N–H and O–H groups in total. The minimum atomic E-state index is -0.296. The highest BCUT2D eigenvalue weighted by molar-refractivity contribution is 9.10. The largest absolute Gasteiger partial charge is 0.324 e. The zero-order valence-corrected chi connectivity index (χ0v) is 10.9. The third-order valence-corrected chi connectivity index (χ3v) is 3.60. The van der Waals surface area contributed by atoms with Gasteiger partial charge in [0, 0.05) is 27.0 Å². The van der Waals surface area contributed by atoms with Crippen molar-refractivity contribution in [3.8, 4) is 0 Å². The molecule has 3 nitrogen and oxygen atoms in total. The molecule has 0 saturated heterocycles. The summed E-state index contributed by atoms with van der Waals surface area (Å²) in [5, 5.41) is 1.48. The van der Waals surface area contributed by atoms with Gasteiger partial charge in [-0.15, -0.1) is 0 Å². The van der Waals surface area contributed by atoms with Crippen LogP contribution in [0.5, 0.6) is 0 Å². The molecule has 1 atom stereocenters. The van der Waals surface area contributed by atoms with Gasteiger partial charge in [0.25, 0.3) is 5.56 Å². The number of nitrogens with two attached hydrogens (primary N) is 1. The molecular formula is C11H10BrClN2O. The summed E-state index contributed by atoms with van der Waals surface area (Å²) in [7, 11) is 0. The normalized spacial score (nSPS) is 13.0. The predicted octanol–water partition coefficient (Wildman–Crippen LogP) is 2.96. The number of rotatable bonds is 1. The Morgan fingerprint density at radius 1 is 1.44 bits per heavy atom. The van der Waals surface area contributed by atoms with Crippen LogP contribution in [-0.4, -0.2) is 4.98 Å². The van der Waals surface area contributed by atoms with Gasteiger partial charge in [-0.2, -0.15) is 0 Å². The maximum absolute atomic E-state index is 11.7. The maximum Gasteiger partial charge on any atom is 0.253 e. The zero-order valence-electron chi connectivity index (χ0n) is 8.55. The lowest BCUT2D eigenvalue weighted by atomic mass is 10.1. The summed E-state index contributed by atoms with van der Waals surface area (Å²) in [6.45, 7) is 1.77. The summed E-state index contributed by atoms with van der Waals surface area (Å²) in [4.78, 5) is 14.5. The van der Waals surface area contributed by atoms with Crippen molar-refractivity contribution in [2.45, 2.75) is 13.0 Å². The lowest BCUT2D eigenvalue weighted by Gasteiger charge is -2.07. The molecule has 0 amide bonds. The first kappa shape index (κ1) is 11.6. The first-order chi connectivity index (χ1) is 7.49. The summed E-state index contributed by atoms with van der Waals surface area (Å²) >= 11 is 9.30. The third-order valence-electron chi connectivity index (χ3n) is 2.40. The minimum Gasteiger partial charge on any atom is -0.324 e. The van der Waals surface area contributed by atoms with Gasteiger partial charge in [0.1, 0.15) is 0 Å². The maximum atomic E-state index is 11.7. The van der Waals surface area contributed by atoms with Gasteiger partial charge in [-0.3, -0.25) is 4.79 Å². The standard InChI is InChI=1S/C11H10BrClN2O/c1-5(14)7-2-6-3-9(13)8(12)4-10(6)15-11(7)16/h2-5H,14H2,1H3,(H,15,16)/t5-/m0/s1. The number of H-pyrrole nitrogens is 1. The Morgan fingerprint density at radius 2 is 2.12 bits per heavy atom. The van der Waals surface area contributed by atoms with Crippen LogP contribution >= 0.6 is 27.5 Å². The molecule has 0 aliphatic carbocycles. The Balaban J connectivity index is 2.80. The number of nitrogens with one attached hydrogen (secondary N) is 1. The molecule has 0 saturated carbocycles. The van der Waals surface area contributed by atoms with Crippen LogP contribution in [0.4, 0.5) is 0 Å². The van der Waals surface area contributed by atoms with Crippen molar-refractivity contribution >= 4 is 38.4 Å². The van der Waals surface area contributed by atoms with E-state index in [0.29, 0.717) is 10.6 Å². The molecule has 0 fully saturated rings. The van der Waals surface area contributed by atoms with Gasteiger partial charge in [0.15, 0.2) is 0 Å². The van der Waals surface area contributed by atoms with Crippen LogP contribution < -0.4 is 11.3 Å². The van der Waals surface area contributed by atoms with Gasteiger partial charge >= 0.3 is 0 Å². The third kappa shape index (κ3) is 2.00. The Morgan fingerprint density at radius 3 is 2.75 bits per heavy atom. The molecule has 0 aliphatic rings. The van der Waals surface area contributed by atoms with E-state index in [-0.39, 0.29) is 11.6 Å². The van der Waals surface area contributed by atoms with Crippen LogP contribution in [0.2, 0.25) is 5.02 Å². The molecule has 16 heavy (non-hydrogen) atoms.